The lowest BCUT2D eigenvalue weighted by Crippen LogP contribution is -2.11. The molecule has 0 radical (unpaired) electrons. The van der Waals surface area contributed by atoms with Crippen molar-refractivity contribution in [2.24, 2.45) is 0 Å². The molecule has 1 heterocycles. The van der Waals surface area contributed by atoms with E-state index in [0.717, 1.165) is 18.7 Å². The first kappa shape index (κ1) is 13.4. The summed E-state index contributed by atoms with van der Waals surface area (Å²) >= 11 is 1.93. The Balaban J connectivity index is 2.28. The van der Waals surface area contributed by atoms with Crippen LogP contribution in [0.3, 0.4) is 0 Å². The van der Waals surface area contributed by atoms with Gasteiger partial charge in [-0.1, -0.05) is 30.3 Å². The van der Waals surface area contributed by atoms with Crippen molar-refractivity contribution in [3.8, 4) is 0 Å². The molecule has 1 aromatic carbocycles. The van der Waals surface area contributed by atoms with E-state index in [1.165, 1.54) is 21.6 Å². The van der Waals surface area contributed by atoms with Crippen LogP contribution in [0, 0.1) is 0 Å². The lowest BCUT2D eigenvalue weighted by Gasteiger charge is -2.09. The number of hydrogen-bond donors (Lipinski definition) is 0. The second-order valence-corrected chi connectivity index (χ2v) is 6.17. The van der Waals surface area contributed by atoms with Gasteiger partial charge in [-0.25, -0.2) is 0 Å². The molecule has 0 atom stereocenters. The minimum Gasteiger partial charge on any atom is -0.309 e. The second kappa shape index (κ2) is 6.26. The van der Waals surface area contributed by atoms with Crippen molar-refractivity contribution in [2.75, 3.05) is 20.6 Å². The van der Waals surface area contributed by atoms with Gasteiger partial charge in [-0.3, -0.25) is 0 Å². The third-order valence-electron chi connectivity index (χ3n) is 3.08. The lowest BCUT2D eigenvalue weighted by atomic mass is 9.99. The third-order valence-corrected chi connectivity index (χ3v) is 4.11. The summed E-state index contributed by atoms with van der Waals surface area (Å²) in [6, 6.07) is 8.76. The first-order chi connectivity index (χ1) is 8.66. The molecule has 0 fully saturated rings. The van der Waals surface area contributed by atoms with E-state index in [0.29, 0.717) is 0 Å². The Morgan fingerprint density at radius 3 is 2.83 bits per heavy atom. The largest absolute Gasteiger partial charge is 0.309 e. The van der Waals surface area contributed by atoms with Gasteiger partial charge in [-0.2, -0.15) is 0 Å². The van der Waals surface area contributed by atoms with Gasteiger partial charge < -0.3 is 4.90 Å². The van der Waals surface area contributed by atoms with Gasteiger partial charge >= 0.3 is 0 Å². The van der Waals surface area contributed by atoms with Gasteiger partial charge in [0, 0.05) is 12.3 Å². The Morgan fingerprint density at radius 2 is 2.06 bits per heavy atom. The molecular formula is C16H21NS. The SMILES string of the molecule is CC1=C/C(=C\CCN(C)C)c2ccccc2CS1. The number of hydrogen-bond acceptors (Lipinski definition) is 2. The molecule has 96 valence electrons. The van der Waals surface area contributed by atoms with Crippen LogP contribution in [0.15, 0.2) is 41.3 Å². The Bertz CT molecular complexity index is 472. The molecule has 2 rings (SSSR count). The fourth-order valence-electron chi connectivity index (χ4n) is 2.10. The Hall–Kier alpha value is -0.990. The van der Waals surface area contributed by atoms with Gasteiger partial charge in [0.15, 0.2) is 0 Å². The summed E-state index contributed by atoms with van der Waals surface area (Å²) < 4.78 is 0. The number of thioether (sulfide) groups is 1. The highest BCUT2D eigenvalue weighted by Gasteiger charge is 2.10. The highest BCUT2D eigenvalue weighted by atomic mass is 32.2. The summed E-state index contributed by atoms with van der Waals surface area (Å²) in [5, 5.41) is 0. The molecule has 0 N–H and O–H groups in total. The van der Waals surface area contributed by atoms with E-state index in [1.807, 2.05) is 11.8 Å². The maximum atomic E-state index is 2.37. The Morgan fingerprint density at radius 1 is 1.28 bits per heavy atom. The van der Waals surface area contributed by atoms with Crippen LogP contribution >= 0.6 is 11.8 Å². The Labute approximate surface area is 115 Å². The van der Waals surface area contributed by atoms with Crippen molar-refractivity contribution in [1.29, 1.82) is 0 Å². The molecule has 1 aliphatic rings. The van der Waals surface area contributed by atoms with Gasteiger partial charge in [0.05, 0.1) is 0 Å². The maximum Gasteiger partial charge on any atom is 0.0234 e. The number of nitrogens with zero attached hydrogens (tertiary/aromatic N) is 1. The van der Waals surface area contributed by atoms with E-state index >= 15 is 0 Å². The molecule has 0 unspecified atom stereocenters. The Kier molecular flexibility index (Phi) is 4.67. The molecule has 0 bridgehead atoms. The molecular weight excluding hydrogens is 238 g/mol. The van der Waals surface area contributed by atoms with Crippen molar-refractivity contribution in [3.05, 3.63) is 52.4 Å². The third kappa shape index (κ3) is 3.50. The first-order valence-electron chi connectivity index (χ1n) is 6.41. The van der Waals surface area contributed by atoms with Crippen LogP contribution in [0.25, 0.3) is 5.57 Å². The average Bonchev–Trinajstić information content (AvgIpc) is 2.50. The van der Waals surface area contributed by atoms with E-state index < -0.39 is 0 Å². The van der Waals surface area contributed by atoms with E-state index in [4.69, 9.17) is 0 Å². The zero-order valence-corrected chi connectivity index (χ0v) is 12.3. The second-order valence-electron chi connectivity index (χ2n) is 4.95. The standard InChI is InChI=1S/C16H21NS/c1-13-11-14(8-6-10-17(2)3)16-9-5-4-7-15(16)12-18-13/h4-5,7-9,11H,6,10,12H2,1-3H3/b14-8+. The van der Waals surface area contributed by atoms with Gasteiger partial charge in [-0.05, 0) is 55.1 Å². The normalized spacial score (nSPS) is 17.6. The average molecular weight is 259 g/mol. The summed E-state index contributed by atoms with van der Waals surface area (Å²) in [5.41, 5.74) is 4.24. The van der Waals surface area contributed by atoms with Crippen molar-refractivity contribution in [2.45, 2.75) is 19.1 Å². The molecule has 0 saturated heterocycles. The van der Waals surface area contributed by atoms with Gasteiger partial charge in [0.1, 0.15) is 0 Å². The van der Waals surface area contributed by atoms with Crippen LogP contribution in [0.4, 0.5) is 0 Å². The van der Waals surface area contributed by atoms with E-state index in [-0.39, 0.29) is 0 Å². The van der Waals surface area contributed by atoms with Crippen LogP contribution in [0.2, 0.25) is 0 Å². The fraction of sp³-hybridized carbons (Fsp3) is 0.375. The van der Waals surface area contributed by atoms with Crippen molar-refractivity contribution < 1.29 is 0 Å². The molecule has 0 saturated carbocycles. The predicted octanol–water partition coefficient (Wildman–Crippen LogP) is 4.17. The molecule has 18 heavy (non-hydrogen) atoms. The van der Waals surface area contributed by atoms with E-state index in [2.05, 4.69) is 62.3 Å². The summed E-state index contributed by atoms with van der Waals surface area (Å²) in [6.07, 6.45) is 5.80. The molecule has 0 aromatic heterocycles. The topological polar surface area (TPSA) is 3.24 Å². The summed E-state index contributed by atoms with van der Waals surface area (Å²) in [4.78, 5) is 3.63. The van der Waals surface area contributed by atoms with E-state index in [1.54, 1.807) is 0 Å². The number of fused-ring (bicyclic) bond motifs is 1. The van der Waals surface area contributed by atoms with Crippen LogP contribution in [0.5, 0.6) is 0 Å². The smallest absolute Gasteiger partial charge is 0.0234 e. The maximum absolute atomic E-state index is 2.37. The minimum atomic E-state index is 1.09. The summed E-state index contributed by atoms with van der Waals surface area (Å²) in [7, 11) is 4.24. The van der Waals surface area contributed by atoms with Crippen LogP contribution in [-0.4, -0.2) is 25.5 Å². The van der Waals surface area contributed by atoms with Crippen molar-refractivity contribution in [1.82, 2.24) is 4.90 Å². The predicted molar refractivity (Wildman–Crippen MR) is 82.6 cm³/mol. The van der Waals surface area contributed by atoms with Crippen molar-refractivity contribution >= 4 is 17.3 Å². The quantitative estimate of drug-likeness (QED) is 0.801. The monoisotopic (exact) mass is 259 g/mol. The van der Waals surface area contributed by atoms with Crippen molar-refractivity contribution in [3.63, 3.8) is 0 Å². The van der Waals surface area contributed by atoms with E-state index in [9.17, 15) is 0 Å². The molecule has 1 aromatic rings. The number of rotatable bonds is 3. The van der Waals surface area contributed by atoms with Gasteiger partial charge in [-0.15, -0.1) is 11.8 Å². The van der Waals surface area contributed by atoms with Crippen LogP contribution in [-0.2, 0) is 5.75 Å². The fourth-order valence-corrected chi connectivity index (χ4v) is 2.95. The number of allylic oxidation sites excluding steroid dienone is 3. The highest BCUT2D eigenvalue weighted by Crippen LogP contribution is 2.33. The highest BCUT2D eigenvalue weighted by molar-refractivity contribution is 8.02. The molecule has 0 spiro atoms. The molecule has 0 amide bonds. The first-order valence-corrected chi connectivity index (χ1v) is 7.39. The van der Waals surface area contributed by atoms with Crippen LogP contribution < -0.4 is 0 Å². The zero-order valence-electron chi connectivity index (χ0n) is 11.4. The van der Waals surface area contributed by atoms with Gasteiger partial charge in [0.25, 0.3) is 0 Å². The summed E-state index contributed by atoms with van der Waals surface area (Å²) in [5.74, 6) is 1.09. The molecule has 0 aliphatic carbocycles. The molecule has 1 nitrogen and oxygen atoms in total. The van der Waals surface area contributed by atoms with Gasteiger partial charge in [0.2, 0.25) is 0 Å². The van der Waals surface area contributed by atoms with Crippen LogP contribution in [0.1, 0.15) is 24.5 Å². The minimum absolute atomic E-state index is 1.09. The summed E-state index contributed by atoms with van der Waals surface area (Å²) in [6.45, 7) is 3.31. The molecule has 1 aliphatic heterocycles. The number of benzene rings is 1. The zero-order chi connectivity index (χ0) is 13.0. The molecule has 2 heteroatoms. The lowest BCUT2D eigenvalue weighted by molar-refractivity contribution is 0.417.